The molecule has 0 radical (unpaired) electrons. The molecule has 0 saturated heterocycles. The van der Waals surface area contributed by atoms with Gasteiger partial charge in [0.25, 0.3) is 11.1 Å². The molecular weight excluding hydrogens is 342 g/mol. The number of rotatable bonds is 6. The Bertz CT molecular complexity index is 1020. The van der Waals surface area contributed by atoms with Crippen LogP contribution in [0.2, 0.25) is 0 Å². The van der Waals surface area contributed by atoms with Crippen LogP contribution in [0.5, 0.6) is 0 Å². The topological polar surface area (TPSA) is 94.0 Å². The van der Waals surface area contributed by atoms with E-state index < -0.39 is 17.1 Å². The van der Waals surface area contributed by atoms with Crippen LogP contribution in [0.25, 0.3) is 10.8 Å². The highest BCUT2D eigenvalue weighted by Crippen LogP contribution is 2.12. The highest BCUT2D eigenvalue weighted by atomic mass is 32.1. The van der Waals surface area contributed by atoms with E-state index in [1.807, 2.05) is 5.38 Å². The van der Waals surface area contributed by atoms with Crippen molar-refractivity contribution in [2.75, 3.05) is 0 Å². The molecule has 130 valence electrons. The van der Waals surface area contributed by atoms with Crippen molar-refractivity contribution in [3.63, 3.8) is 0 Å². The molecule has 0 atom stereocenters. The van der Waals surface area contributed by atoms with Gasteiger partial charge in [-0.15, -0.1) is 11.3 Å². The SMILES string of the molecule is CCCc1nc(COC(=O)Cn2[nH]c(=O)c3ccccc3c2=O)cs1. The van der Waals surface area contributed by atoms with E-state index in [0.717, 1.165) is 22.5 Å². The molecule has 0 spiro atoms. The van der Waals surface area contributed by atoms with Crippen LogP contribution in [-0.4, -0.2) is 20.7 Å². The third kappa shape index (κ3) is 3.85. The average Bonchev–Trinajstić information content (AvgIpc) is 3.06. The number of thiazole rings is 1. The summed E-state index contributed by atoms with van der Waals surface area (Å²) in [6.45, 7) is 1.76. The van der Waals surface area contributed by atoms with E-state index in [4.69, 9.17) is 4.74 Å². The molecule has 0 bridgehead atoms. The highest BCUT2D eigenvalue weighted by molar-refractivity contribution is 7.09. The van der Waals surface area contributed by atoms with Crippen molar-refractivity contribution in [1.29, 1.82) is 0 Å². The van der Waals surface area contributed by atoms with Crippen molar-refractivity contribution in [3.8, 4) is 0 Å². The minimum absolute atomic E-state index is 0.0472. The number of benzene rings is 1. The molecule has 0 fully saturated rings. The number of carbonyl (C=O) groups excluding carboxylic acids is 1. The maximum atomic E-state index is 12.3. The summed E-state index contributed by atoms with van der Waals surface area (Å²) in [6.07, 6.45) is 1.90. The van der Waals surface area contributed by atoms with E-state index in [0.29, 0.717) is 11.1 Å². The zero-order chi connectivity index (χ0) is 17.8. The van der Waals surface area contributed by atoms with Gasteiger partial charge in [-0.2, -0.15) is 0 Å². The number of aromatic nitrogens is 3. The molecule has 8 heteroatoms. The molecule has 0 unspecified atom stereocenters. The average molecular weight is 359 g/mol. The Balaban J connectivity index is 1.70. The number of aromatic amines is 1. The Kier molecular flexibility index (Phi) is 5.08. The molecule has 0 aliphatic carbocycles. The normalized spacial score (nSPS) is 10.9. The van der Waals surface area contributed by atoms with Gasteiger partial charge in [-0.25, -0.2) is 9.67 Å². The second kappa shape index (κ2) is 7.43. The first kappa shape index (κ1) is 17.1. The highest BCUT2D eigenvalue weighted by Gasteiger charge is 2.12. The standard InChI is InChI=1S/C17H17N3O4S/c1-2-5-14-18-11(10-25-14)9-24-15(21)8-20-17(23)13-7-4-3-6-12(13)16(22)19-20/h3-4,6-7,10H,2,5,8-9H2,1H3,(H,19,22). The van der Waals surface area contributed by atoms with Gasteiger partial charge in [-0.3, -0.25) is 19.5 Å². The summed E-state index contributed by atoms with van der Waals surface area (Å²) in [5.74, 6) is -0.613. The van der Waals surface area contributed by atoms with E-state index in [2.05, 4.69) is 17.0 Å². The molecule has 2 heterocycles. The first-order valence-electron chi connectivity index (χ1n) is 7.89. The van der Waals surface area contributed by atoms with Crippen molar-refractivity contribution >= 4 is 28.1 Å². The largest absolute Gasteiger partial charge is 0.458 e. The molecule has 1 N–H and O–H groups in total. The van der Waals surface area contributed by atoms with Gasteiger partial charge in [0, 0.05) is 5.38 Å². The van der Waals surface area contributed by atoms with Crippen LogP contribution >= 0.6 is 11.3 Å². The quantitative estimate of drug-likeness (QED) is 0.678. The van der Waals surface area contributed by atoms with E-state index in [1.165, 1.54) is 11.3 Å². The number of ether oxygens (including phenoxy) is 1. The van der Waals surface area contributed by atoms with Crippen LogP contribution < -0.4 is 11.1 Å². The lowest BCUT2D eigenvalue weighted by Crippen LogP contribution is -2.32. The van der Waals surface area contributed by atoms with Gasteiger partial charge in [-0.1, -0.05) is 19.1 Å². The maximum Gasteiger partial charge on any atom is 0.328 e. The Morgan fingerprint density at radius 3 is 2.80 bits per heavy atom. The fourth-order valence-electron chi connectivity index (χ4n) is 2.43. The summed E-state index contributed by atoms with van der Waals surface area (Å²) in [7, 11) is 0. The molecule has 7 nitrogen and oxygen atoms in total. The van der Waals surface area contributed by atoms with Crippen LogP contribution in [0.4, 0.5) is 0 Å². The number of nitrogens with zero attached hydrogens (tertiary/aromatic N) is 2. The minimum atomic E-state index is -0.613. The van der Waals surface area contributed by atoms with E-state index in [1.54, 1.807) is 24.3 Å². The Morgan fingerprint density at radius 1 is 1.28 bits per heavy atom. The number of fused-ring (bicyclic) bond motifs is 1. The Labute approximate surface area is 146 Å². The summed E-state index contributed by atoms with van der Waals surface area (Å²) in [5, 5.41) is 5.82. The van der Waals surface area contributed by atoms with Gasteiger partial charge < -0.3 is 4.74 Å². The first-order valence-corrected chi connectivity index (χ1v) is 8.77. The number of nitrogens with one attached hydrogen (secondary N) is 1. The molecule has 3 rings (SSSR count). The van der Waals surface area contributed by atoms with Crippen molar-refractivity contribution in [3.05, 3.63) is 61.1 Å². The van der Waals surface area contributed by atoms with Crippen molar-refractivity contribution in [1.82, 2.24) is 14.8 Å². The number of carbonyl (C=O) groups is 1. The van der Waals surface area contributed by atoms with Gasteiger partial charge in [0.05, 0.1) is 21.5 Å². The number of hydrogen-bond donors (Lipinski definition) is 1. The number of esters is 1. The third-order valence-electron chi connectivity index (χ3n) is 3.62. The van der Waals surface area contributed by atoms with Gasteiger partial charge in [0.2, 0.25) is 0 Å². The third-order valence-corrected chi connectivity index (χ3v) is 4.57. The molecule has 3 aromatic rings. The maximum absolute atomic E-state index is 12.3. The zero-order valence-electron chi connectivity index (χ0n) is 13.7. The molecule has 0 saturated carbocycles. The van der Waals surface area contributed by atoms with Crippen LogP contribution in [0.3, 0.4) is 0 Å². The lowest BCUT2D eigenvalue weighted by molar-refractivity contribution is -0.146. The van der Waals surface area contributed by atoms with E-state index in [-0.39, 0.29) is 18.5 Å². The fraction of sp³-hybridized carbons (Fsp3) is 0.294. The van der Waals surface area contributed by atoms with Crippen molar-refractivity contribution in [2.45, 2.75) is 32.9 Å². The summed E-state index contributed by atoms with van der Waals surface area (Å²) < 4.78 is 6.12. The first-order chi connectivity index (χ1) is 12.1. The smallest absolute Gasteiger partial charge is 0.328 e. The monoisotopic (exact) mass is 359 g/mol. The predicted octanol–water partition coefficient (Wildman–Crippen LogP) is 1.84. The van der Waals surface area contributed by atoms with Gasteiger partial charge >= 0.3 is 5.97 Å². The minimum Gasteiger partial charge on any atom is -0.458 e. The number of aryl methyl sites for hydroxylation is 1. The molecule has 0 aliphatic heterocycles. The second-order valence-electron chi connectivity index (χ2n) is 5.52. The van der Waals surface area contributed by atoms with Gasteiger partial charge in [0.1, 0.15) is 13.2 Å². The Morgan fingerprint density at radius 2 is 2.04 bits per heavy atom. The van der Waals surface area contributed by atoms with E-state index >= 15 is 0 Å². The molecule has 0 amide bonds. The second-order valence-corrected chi connectivity index (χ2v) is 6.46. The predicted molar refractivity (Wildman–Crippen MR) is 94.7 cm³/mol. The number of H-pyrrole nitrogens is 1. The van der Waals surface area contributed by atoms with Crippen molar-refractivity contribution in [2.24, 2.45) is 0 Å². The zero-order valence-corrected chi connectivity index (χ0v) is 14.5. The fourth-order valence-corrected chi connectivity index (χ4v) is 3.32. The molecule has 2 aromatic heterocycles. The Hall–Kier alpha value is -2.74. The molecule has 25 heavy (non-hydrogen) atoms. The summed E-state index contributed by atoms with van der Waals surface area (Å²) in [5.41, 5.74) is -0.182. The lowest BCUT2D eigenvalue weighted by Gasteiger charge is -2.07. The van der Waals surface area contributed by atoms with Gasteiger partial charge in [-0.05, 0) is 25.0 Å². The molecule has 1 aromatic carbocycles. The molecule has 0 aliphatic rings. The molecular formula is C17H17N3O4S. The van der Waals surface area contributed by atoms with E-state index in [9.17, 15) is 14.4 Å². The number of hydrogen-bond acceptors (Lipinski definition) is 6. The van der Waals surface area contributed by atoms with Crippen LogP contribution in [0.1, 0.15) is 24.0 Å². The van der Waals surface area contributed by atoms with Crippen LogP contribution in [-0.2, 0) is 29.1 Å². The summed E-state index contributed by atoms with van der Waals surface area (Å²) in [6, 6.07) is 6.46. The summed E-state index contributed by atoms with van der Waals surface area (Å²) in [4.78, 5) is 40.7. The summed E-state index contributed by atoms with van der Waals surface area (Å²) >= 11 is 1.53. The van der Waals surface area contributed by atoms with Crippen molar-refractivity contribution < 1.29 is 9.53 Å². The lowest BCUT2D eigenvalue weighted by atomic mass is 10.2. The van der Waals surface area contributed by atoms with Crippen LogP contribution in [0.15, 0.2) is 39.2 Å². The van der Waals surface area contributed by atoms with Gasteiger partial charge in [0.15, 0.2) is 0 Å². The van der Waals surface area contributed by atoms with Crippen LogP contribution in [0, 0.1) is 0 Å².